The number of phenolic OH excluding ortho intramolecular Hbond substituents is 1. The molecule has 1 N–H and O–H groups in total. The van der Waals surface area contributed by atoms with Crippen molar-refractivity contribution in [1.29, 1.82) is 0 Å². The van der Waals surface area contributed by atoms with Crippen LogP contribution in [0.4, 0.5) is 0 Å². The molecule has 5 rings (SSSR count). The van der Waals surface area contributed by atoms with Crippen LogP contribution in [0.25, 0.3) is 11.0 Å². The molecular formula is C25H17BrClNO5. The van der Waals surface area contributed by atoms with Gasteiger partial charge >= 0.3 is 0 Å². The molecule has 4 aromatic rings. The van der Waals surface area contributed by atoms with E-state index in [1.807, 2.05) is 30.3 Å². The number of benzene rings is 3. The zero-order valence-electron chi connectivity index (χ0n) is 17.3. The number of nitrogens with zero attached hydrogens (tertiary/aromatic N) is 1. The van der Waals surface area contributed by atoms with Gasteiger partial charge in [0.15, 0.2) is 16.9 Å². The van der Waals surface area contributed by atoms with Gasteiger partial charge in [-0.15, -0.1) is 0 Å². The number of carbonyl (C=O) groups excluding carboxylic acids is 1. The number of rotatable bonds is 4. The van der Waals surface area contributed by atoms with Gasteiger partial charge < -0.3 is 19.2 Å². The summed E-state index contributed by atoms with van der Waals surface area (Å²) in [4.78, 5) is 28.7. The van der Waals surface area contributed by atoms with Crippen molar-refractivity contribution in [1.82, 2.24) is 4.90 Å². The first-order valence-corrected chi connectivity index (χ1v) is 11.2. The fourth-order valence-corrected chi connectivity index (χ4v) is 4.82. The van der Waals surface area contributed by atoms with E-state index >= 15 is 0 Å². The lowest BCUT2D eigenvalue weighted by Crippen LogP contribution is -2.29. The summed E-state index contributed by atoms with van der Waals surface area (Å²) in [6.07, 6.45) is 0. The second-order valence-electron chi connectivity index (χ2n) is 7.69. The van der Waals surface area contributed by atoms with E-state index in [0.717, 1.165) is 5.56 Å². The molecule has 1 aliphatic heterocycles. The van der Waals surface area contributed by atoms with Crippen LogP contribution in [0.5, 0.6) is 11.5 Å². The largest absolute Gasteiger partial charge is 0.503 e. The van der Waals surface area contributed by atoms with E-state index in [1.54, 1.807) is 29.2 Å². The number of hydrogen-bond donors (Lipinski definition) is 1. The van der Waals surface area contributed by atoms with E-state index < -0.39 is 11.9 Å². The van der Waals surface area contributed by atoms with Gasteiger partial charge in [-0.3, -0.25) is 9.59 Å². The molecule has 1 aromatic heterocycles. The standard InChI is InChI=1S/C25H17BrClNO5/c1-32-19-10-14(9-17(26)23(19)30)21-20-22(29)16-11-15(27)7-8-18(16)33-24(20)25(31)28(21)12-13-5-3-2-4-6-13/h2-11,21,30H,12H2,1H3. The molecule has 0 radical (unpaired) electrons. The van der Waals surface area contributed by atoms with Crippen LogP contribution in [0.15, 0.2) is 74.3 Å². The first-order valence-electron chi connectivity index (χ1n) is 10.1. The van der Waals surface area contributed by atoms with Crippen molar-refractivity contribution in [3.63, 3.8) is 0 Å². The number of hydrogen-bond acceptors (Lipinski definition) is 5. The summed E-state index contributed by atoms with van der Waals surface area (Å²) in [7, 11) is 1.44. The maximum atomic E-state index is 13.6. The highest BCUT2D eigenvalue weighted by atomic mass is 79.9. The van der Waals surface area contributed by atoms with E-state index in [4.69, 9.17) is 20.8 Å². The van der Waals surface area contributed by atoms with E-state index in [9.17, 15) is 14.7 Å². The number of amides is 1. The highest BCUT2D eigenvalue weighted by Gasteiger charge is 2.43. The maximum absolute atomic E-state index is 13.6. The first-order chi connectivity index (χ1) is 15.9. The normalized spacial score (nSPS) is 15.2. The molecule has 166 valence electrons. The van der Waals surface area contributed by atoms with Crippen LogP contribution >= 0.6 is 27.5 Å². The van der Waals surface area contributed by atoms with Crippen molar-refractivity contribution in [3.8, 4) is 11.5 Å². The Balaban J connectivity index is 1.77. The molecule has 0 saturated carbocycles. The molecule has 33 heavy (non-hydrogen) atoms. The lowest BCUT2D eigenvalue weighted by Gasteiger charge is -2.26. The lowest BCUT2D eigenvalue weighted by molar-refractivity contribution is 0.0714. The zero-order chi connectivity index (χ0) is 23.3. The van der Waals surface area contributed by atoms with Gasteiger partial charge in [-0.25, -0.2) is 0 Å². The summed E-state index contributed by atoms with van der Waals surface area (Å²) in [5.74, 6) is -0.249. The number of aromatic hydroxyl groups is 1. The third-order valence-electron chi connectivity index (χ3n) is 5.71. The molecule has 1 atom stereocenters. The quantitative estimate of drug-likeness (QED) is 0.371. The second kappa shape index (κ2) is 8.24. The number of halogens is 2. The van der Waals surface area contributed by atoms with Crippen molar-refractivity contribution in [2.24, 2.45) is 0 Å². The van der Waals surface area contributed by atoms with Gasteiger partial charge in [0.25, 0.3) is 5.91 Å². The predicted octanol–water partition coefficient (Wildman–Crippen LogP) is 5.67. The highest BCUT2D eigenvalue weighted by Crippen LogP contribution is 2.44. The molecule has 6 nitrogen and oxygen atoms in total. The summed E-state index contributed by atoms with van der Waals surface area (Å²) < 4.78 is 11.6. The summed E-state index contributed by atoms with van der Waals surface area (Å²) in [6, 6.07) is 16.8. The Morgan fingerprint density at radius 2 is 1.88 bits per heavy atom. The molecule has 1 aliphatic rings. The molecule has 3 aromatic carbocycles. The summed E-state index contributed by atoms with van der Waals surface area (Å²) >= 11 is 9.47. The minimum atomic E-state index is -0.752. The molecule has 0 aliphatic carbocycles. The molecule has 0 bridgehead atoms. The van der Waals surface area contributed by atoms with Crippen molar-refractivity contribution in [2.75, 3.05) is 7.11 Å². The SMILES string of the molecule is COc1cc(C2c3c(oc4ccc(Cl)cc4c3=O)C(=O)N2Cc2ccccc2)cc(Br)c1O. The number of carbonyl (C=O) groups is 1. The van der Waals surface area contributed by atoms with Gasteiger partial charge in [-0.2, -0.15) is 0 Å². The molecule has 0 fully saturated rings. The number of fused-ring (bicyclic) bond motifs is 2. The molecule has 1 amide bonds. The smallest absolute Gasteiger partial charge is 0.291 e. The van der Waals surface area contributed by atoms with Gasteiger partial charge in [0.2, 0.25) is 5.76 Å². The van der Waals surface area contributed by atoms with Crippen LogP contribution in [0, 0.1) is 0 Å². The average molecular weight is 527 g/mol. The number of methoxy groups -OCH3 is 1. The predicted molar refractivity (Wildman–Crippen MR) is 128 cm³/mol. The van der Waals surface area contributed by atoms with Gasteiger partial charge in [0.1, 0.15) is 5.58 Å². The van der Waals surface area contributed by atoms with Crippen molar-refractivity contribution in [2.45, 2.75) is 12.6 Å². The molecule has 2 heterocycles. The highest BCUT2D eigenvalue weighted by molar-refractivity contribution is 9.10. The molecule has 1 unspecified atom stereocenters. The topological polar surface area (TPSA) is 80.0 Å². The van der Waals surface area contributed by atoms with E-state index in [1.165, 1.54) is 13.2 Å². The zero-order valence-corrected chi connectivity index (χ0v) is 19.7. The van der Waals surface area contributed by atoms with E-state index in [0.29, 0.717) is 26.0 Å². The minimum absolute atomic E-state index is 0.00100. The van der Waals surface area contributed by atoms with Gasteiger partial charge in [0, 0.05) is 11.6 Å². The van der Waals surface area contributed by atoms with Gasteiger partial charge in [0.05, 0.1) is 28.6 Å². The van der Waals surface area contributed by atoms with Crippen LogP contribution < -0.4 is 10.2 Å². The minimum Gasteiger partial charge on any atom is -0.503 e. The Bertz CT molecular complexity index is 1470. The Labute approximate surface area is 202 Å². The molecule has 0 saturated heterocycles. The van der Waals surface area contributed by atoms with Crippen LogP contribution in [0.2, 0.25) is 5.02 Å². The fraction of sp³-hybridized carbons (Fsp3) is 0.120. The second-order valence-corrected chi connectivity index (χ2v) is 8.98. The van der Waals surface area contributed by atoms with Crippen molar-refractivity contribution < 1.29 is 19.1 Å². The van der Waals surface area contributed by atoms with E-state index in [-0.39, 0.29) is 34.8 Å². The summed E-state index contributed by atoms with van der Waals surface area (Å²) in [5.41, 5.74) is 1.68. The third-order valence-corrected chi connectivity index (χ3v) is 6.55. The Kier molecular flexibility index (Phi) is 5.38. The van der Waals surface area contributed by atoms with Crippen LogP contribution in [-0.2, 0) is 6.54 Å². The van der Waals surface area contributed by atoms with Crippen LogP contribution in [-0.4, -0.2) is 23.0 Å². The third kappa shape index (κ3) is 3.57. The molecular weight excluding hydrogens is 510 g/mol. The number of ether oxygens (including phenoxy) is 1. The van der Waals surface area contributed by atoms with Crippen LogP contribution in [0.3, 0.4) is 0 Å². The lowest BCUT2D eigenvalue weighted by atomic mass is 9.97. The van der Waals surface area contributed by atoms with Gasteiger partial charge in [-0.05, 0) is 57.4 Å². The summed E-state index contributed by atoms with van der Waals surface area (Å²) in [5, 5.41) is 11.0. The Hall–Kier alpha value is -3.29. The molecule has 8 heteroatoms. The fourth-order valence-electron chi connectivity index (χ4n) is 4.19. The Morgan fingerprint density at radius 1 is 1.12 bits per heavy atom. The summed E-state index contributed by atoms with van der Waals surface area (Å²) in [6.45, 7) is 0.256. The van der Waals surface area contributed by atoms with Gasteiger partial charge in [-0.1, -0.05) is 41.9 Å². The molecule has 0 spiro atoms. The van der Waals surface area contributed by atoms with Crippen LogP contribution in [0.1, 0.15) is 33.3 Å². The van der Waals surface area contributed by atoms with Crippen molar-refractivity contribution >= 4 is 44.4 Å². The first kappa shape index (κ1) is 21.6. The maximum Gasteiger partial charge on any atom is 0.291 e. The Morgan fingerprint density at radius 3 is 2.61 bits per heavy atom. The van der Waals surface area contributed by atoms with Crippen molar-refractivity contribution in [3.05, 3.63) is 103 Å². The monoisotopic (exact) mass is 525 g/mol. The number of phenols is 1. The average Bonchev–Trinajstić information content (AvgIpc) is 3.08. The van der Waals surface area contributed by atoms with E-state index in [2.05, 4.69) is 15.9 Å².